The SMILES string of the molecule is CCCc1nc2c(S)cc(OCCCCCC(=O)O)cc2n1-c1ccccc1. The van der Waals surface area contributed by atoms with Gasteiger partial charge in [0.2, 0.25) is 0 Å². The minimum atomic E-state index is -0.747. The first-order valence-electron chi connectivity index (χ1n) is 9.74. The van der Waals surface area contributed by atoms with Crippen LogP contribution in [-0.2, 0) is 11.2 Å². The third kappa shape index (κ3) is 4.87. The first-order chi connectivity index (χ1) is 13.6. The molecule has 0 aliphatic carbocycles. The zero-order valence-electron chi connectivity index (χ0n) is 16.1. The summed E-state index contributed by atoms with van der Waals surface area (Å²) in [6, 6.07) is 14.1. The molecule has 3 aromatic rings. The number of carboxylic acids is 1. The summed E-state index contributed by atoms with van der Waals surface area (Å²) in [7, 11) is 0. The summed E-state index contributed by atoms with van der Waals surface area (Å²) in [6.45, 7) is 2.70. The maximum atomic E-state index is 10.6. The molecule has 0 aliphatic rings. The van der Waals surface area contributed by atoms with Crippen LogP contribution in [0.25, 0.3) is 16.7 Å². The number of rotatable bonds is 10. The smallest absolute Gasteiger partial charge is 0.303 e. The number of para-hydroxylation sites is 1. The maximum Gasteiger partial charge on any atom is 0.303 e. The number of fused-ring (bicyclic) bond motifs is 1. The summed E-state index contributed by atoms with van der Waals surface area (Å²) in [6.07, 6.45) is 4.45. The molecule has 28 heavy (non-hydrogen) atoms. The van der Waals surface area contributed by atoms with Crippen molar-refractivity contribution in [1.29, 1.82) is 0 Å². The van der Waals surface area contributed by atoms with Crippen LogP contribution in [0.4, 0.5) is 0 Å². The number of aromatic nitrogens is 2. The highest BCUT2D eigenvalue weighted by Gasteiger charge is 2.15. The summed E-state index contributed by atoms with van der Waals surface area (Å²) < 4.78 is 8.10. The molecule has 1 aromatic heterocycles. The molecule has 2 aromatic carbocycles. The van der Waals surface area contributed by atoms with E-state index in [0.29, 0.717) is 13.0 Å². The normalized spacial score (nSPS) is 11.1. The van der Waals surface area contributed by atoms with Crippen molar-refractivity contribution in [3.8, 4) is 11.4 Å². The number of imidazole rings is 1. The molecule has 0 bridgehead atoms. The molecule has 0 fully saturated rings. The van der Waals surface area contributed by atoms with Gasteiger partial charge in [0.15, 0.2) is 0 Å². The monoisotopic (exact) mass is 398 g/mol. The number of carbonyl (C=O) groups is 1. The molecular weight excluding hydrogens is 372 g/mol. The van der Waals surface area contributed by atoms with E-state index < -0.39 is 5.97 Å². The van der Waals surface area contributed by atoms with Crippen molar-refractivity contribution in [2.45, 2.75) is 50.3 Å². The van der Waals surface area contributed by atoms with Crippen molar-refractivity contribution >= 4 is 29.6 Å². The van der Waals surface area contributed by atoms with Crippen LogP contribution in [0.3, 0.4) is 0 Å². The molecule has 0 aliphatic heterocycles. The van der Waals surface area contributed by atoms with Gasteiger partial charge in [-0.2, -0.15) is 0 Å². The predicted octanol–water partition coefficient (Wildman–Crippen LogP) is 5.29. The summed E-state index contributed by atoms with van der Waals surface area (Å²) in [5.41, 5.74) is 2.94. The lowest BCUT2D eigenvalue weighted by Crippen LogP contribution is -2.01. The lowest BCUT2D eigenvalue weighted by atomic mass is 10.2. The van der Waals surface area contributed by atoms with Crippen LogP contribution in [-0.4, -0.2) is 27.2 Å². The minimum absolute atomic E-state index is 0.212. The molecule has 0 radical (unpaired) electrons. The number of hydrogen-bond donors (Lipinski definition) is 2. The van der Waals surface area contributed by atoms with Crippen molar-refractivity contribution in [2.24, 2.45) is 0 Å². The molecule has 148 valence electrons. The van der Waals surface area contributed by atoms with E-state index in [2.05, 4.69) is 36.3 Å². The molecule has 0 spiro atoms. The quantitative estimate of drug-likeness (QED) is 0.360. The van der Waals surface area contributed by atoms with Crippen molar-refractivity contribution in [2.75, 3.05) is 6.61 Å². The number of unbranched alkanes of at least 4 members (excludes halogenated alkanes) is 2. The van der Waals surface area contributed by atoms with Gasteiger partial charge in [-0.1, -0.05) is 25.1 Å². The molecule has 3 rings (SSSR count). The van der Waals surface area contributed by atoms with E-state index in [4.69, 9.17) is 14.8 Å². The van der Waals surface area contributed by atoms with Gasteiger partial charge in [0.1, 0.15) is 17.1 Å². The Labute approximate surface area is 170 Å². The van der Waals surface area contributed by atoms with Crippen LogP contribution >= 0.6 is 12.6 Å². The second-order valence-corrected chi connectivity index (χ2v) is 7.29. The van der Waals surface area contributed by atoms with Crippen molar-refractivity contribution in [3.05, 3.63) is 48.3 Å². The van der Waals surface area contributed by atoms with Crippen LogP contribution in [0.5, 0.6) is 5.75 Å². The molecule has 0 saturated carbocycles. The van der Waals surface area contributed by atoms with Crippen molar-refractivity contribution < 1.29 is 14.6 Å². The Morgan fingerprint density at radius 3 is 2.68 bits per heavy atom. The third-order valence-electron chi connectivity index (χ3n) is 4.57. The molecule has 0 unspecified atom stereocenters. The van der Waals surface area contributed by atoms with Gasteiger partial charge in [-0.05, 0) is 43.9 Å². The number of benzene rings is 2. The van der Waals surface area contributed by atoms with Crippen molar-refractivity contribution in [1.82, 2.24) is 9.55 Å². The second kappa shape index (κ2) is 9.64. The number of ether oxygens (including phenoxy) is 1. The summed E-state index contributed by atoms with van der Waals surface area (Å²) in [4.78, 5) is 16.2. The van der Waals surface area contributed by atoms with E-state index in [-0.39, 0.29) is 6.42 Å². The fraction of sp³-hybridized carbons (Fsp3) is 0.364. The number of aliphatic carboxylic acids is 1. The highest BCUT2D eigenvalue weighted by Crippen LogP contribution is 2.31. The molecule has 1 N–H and O–H groups in total. The van der Waals surface area contributed by atoms with Gasteiger partial charge in [-0.3, -0.25) is 9.36 Å². The average Bonchev–Trinajstić information content (AvgIpc) is 3.04. The average molecular weight is 399 g/mol. The van der Waals surface area contributed by atoms with Gasteiger partial charge in [-0.25, -0.2) is 4.98 Å². The van der Waals surface area contributed by atoms with Crippen LogP contribution in [0.1, 0.15) is 44.9 Å². The van der Waals surface area contributed by atoms with Gasteiger partial charge in [0.25, 0.3) is 0 Å². The molecule has 0 atom stereocenters. The predicted molar refractivity (Wildman–Crippen MR) is 114 cm³/mol. The van der Waals surface area contributed by atoms with E-state index in [1.807, 2.05) is 30.3 Å². The van der Waals surface area contributed by atoms with Gasteiger partial charge >= 0.3 is 5.97 Å². The zero-order chi connectivity index (χ0) is 19.9. The fourth-order valence-corrected chi connectivity index (χ4v) is 3.56. The van der Waals surface area contributed by atoms with E-state index in [1.165, 1.54) is 0 Å². The molecular formula is C22H26N2O3S. The van der Waals surface area contributed by atoms with Crippen LogP contribution in [0.2, 0.25) is 0 Å². The zero-order valence-corrected chi connectivity index (χ0v) is 17.0. The highest BCUT2D eigenvalue weighted by atomic mass is 32.1. The Balaban J connectivity index is 1.83. The number of carboxylic acid groups (broad SMARTS) is 1. The van der Waals surface area contributed by atoms with Gasteiger partial charge in [-0.15, -0.1) is 12.6 Å². The third-order valence-corrected chi connectivity index (χ3v) is 4.92. The Hall–Kier alpha value is -2.47. The van der Waals surface area contributed by atoms with Gasteiger partial charge < -0.3 is 9.84 Å². The molecule has 5 nitrogen and oxygen atoms in total. The maximum absolute atomic E-state index is 10.6. The van der Waals surface area contributed by atoms with Crippen LogP contribution in [0.15, 0.2) is 47.4 Å². The summed E-state index contributed by atoms with van der Waals surface area (Å²) in [5, 5.41) is 8.69. The highest BCUT2D eigenvalue weighted by molar-refractivity contribution is 7.80. The molecule has 0 saturated heterocycles. The Kier molecular flexibility index (Phi) is 6.98. The Morgan fingerprint density at radius 1 is 1.18 bits per heavy atom. The Bertz CT molecular complexity index is 938. The fourth-order valence-electron chi connectivity index (χ4n) is 3.27. The Morgan fingerprint density at radius 2 is 1.96 bits per heavy atom. The lowest BCUT2D eigenvalue weighted by molar-refractivity contribution is -0.137. The lowest BCUT2D eigenvalue weighted by Gasteiger charge is -2.11. The largest absolute Gasteiger partial charge is 0.493 e. The number of thiol groups is 1. The van der Waals surface area contributed by atoms with Crippen molar-refractivity contribution in [3.63, 3.8) is 0 Å². The molecule has 6 heteroatoms. The number of hydrogen-bond acceptors (Lipinski definition) is 4. The van der Waals surface area contributed by atoms with Gasteiger partial charge in [0, 0.05) is 29.5 Å². The van der Waals surface area contributed by atoms with E-state index in [1.54, 1.807) is 0 Å². The standard InChI is InChI=1S/C22H26N2O3S/c1-2-9-20-23-22-18(24(20)16-10-5-3-6-11-16)14-17(15-19(22)28)27-13-8-4-7-12-21(25)26/h3,5-6,10-11,14-15,28H,2,4,7-9,12-13H2,1H3,(H,25,26). The number of aryl methyl sites for hydroxylation is 1. The summed E-state index contributed by atoms with van der Waals surface area (Å²) in [5.74, 6) is 1.03. The second-order valence-electron chi connectivity index (χ2n) is 6.81. The van der Waals surface area contributed by atoms with Crippen LogP contribution in [0, 0.1) is 0 Å². The van der Waals surface area contributed by atoms with Crippen LogP contribution < -0.4 is 4.74 Å². The topological polar surface area (TPSA) is 64.3 Å². The summed E-state index contributed by atoms with van der Waals surface area (Å²) >= 11 is 4.64. The van der Waals surface area contributed by atoms with E-state index in [9.17, 15) is 4.79 Å². The minimum Gasteiger partial charge on any atom is -0.493 e. The molecule has 1 heterocycles. The first kappa shape index (κ1) is 20.3. The number of nitrogens with zero attached hydrogens (tertiary/aromatic N) is 2. The molecule has 0 amide bonds. The van der Waals surface area contributed by atoms with Gasteiger partial charge in [0.05, 0.1) is 12.1 Å². The van der Waals surface area contributed by atoms with E-state index >= 15 is 0 Å². The van der Waals surface area contributed by atoms with E-state index in [0.717, 1.165) is 58.9 Å². The first-order valence-corrected chi connectivity index (χ1v) is 10.2.